The summed E-state index contributed by atoms with van der Waals surface area (Å²) in [5, 5.41) is 21.5. The molecule has 2 rings (SSSR count). The van der Waals surface area contributed by atoms with Crippen LogP contribution in [-0.4, -0.2) is 14.2 Å². The molecule has 0 aliphatic rings. The minimum Gasteiger partial charge on any atom is -0.258 e. The molecule has 7 nitrogen and oxygen atoms in total. The summed E-state index contributed by atoms with van der Waals surface area (Å²) in [7, 11) is 0. The fraction of sp³-hybridized carbons (Fsp3) is 0. The van der Waals surface area contributed by atoms with E-state index >= 15 is 0 Å². The highest BCUT2D eigenvalue weighted by atomic mass is 32.1. The fourth-order valence-corrected chi connectivity index (χ4v) is 1.90. The van der Waals surface area contributed by atoms with Crippen LogP contribution < -0.4 is 0 Å². The summed E-state index contributed by atoms with van der Waals surface area (Å²) in [5.41, 5.74) is -0.577. The molecule has 0 fully saturated rings. The molecule has 2 aromatic rings. The Bertz CT molecular complexity index is 564. The predicted molar refractivity (Wildman–Crippen MR) is 52.9 cm³/mol. The molecule has 0 saturated heterocycles. The average Bonchev–Trinajstić information content (AvgIpc) is 2.62. The smallest absolute Gasteiger partial charge is 0.258 e. The van der Waals surface area contributed by atoms with Crippen molar-refractivity contribution >= 4 is 33.0 Å². The Kier molecular flexibility index (Phi) is 2.05. The van der Waals surface area contributed by atoms with Gasteiger partial charge in [0.05, 0.1) is 32.2 Å². The quantitative estimate of drug-likeness (QED) is 0.575. The molecule has 0 spiro atoms. The summed E-state index contributed by atoms with van der Waals surface area (Å²) in [5.74, 6) is 0. The van der Waals surface area contributed by atoms with Gasteiger partial charge in [0.15, 0.2) is 0 Å². The van der Waals surface area contributed by atoms with Crippen LogP contribution in [0.4, 0.5) is 11.4 Å². The van der Waals surface area contributed by atoms with Gasteiger partial charge in [0.25, 0.3) is 11.4 Å². The number of nitro groups is 2. The van der Waals surface area contributed by atoms with Gasteiger partial charge in [-0.2, -0.15) is 4.37 Å². The topological polar surface area (TPSA) is 99.2 Å². The first-order valence-corrected chi connectivity index (χ1v) is 4.54. The lowest BCUT2D eigenvalue weighted by atomic mass is 10.2. The Balaban J connectivity index is 2.80. The first-order chi connectivity index (χ1) is 7.09. The van der Waals surface area contributed by atoms with E-state index in [0.29, 0.717) is 10.1 Å². The van der Waals surface area contributed by atoms with Gasteiger partial charge in [0.1, 0.15) is 0 Å². The highest BCUT2D eigenvalue weighted by Crippen LogP contribution is 2.32. The Labute approximate surface area is 86.4 Å². The van der Waals surface area contributed by atoms with E-state index in [-0.39, 0.29) is 11.4 Å². The largest absolute Gasteiger partial charge is 0.286 e. The van der Waals surface area contributed by atoms with E-state index in [4.69, 9.17) is 0 Å². The van der Waals surface area contributed by atoms with Gasteiger partial charge < -0.3 is 0 Å². The lowest BCUT2D eigenvalue weighted by Gasteiger charge is -1.94. The van der Waals surface area contributed by atoms with Crippen molar-refractivity contribution in [2.24, 2.45) is 0 Å². The Morgan fingerprint density at radius 1 is 1.20 bits per heavy atom. The molecule has 1 aromatic carbocycles. The SMILES string of the molecule is O=[N+]([O-])c1cc([N+](=O)[O-])c2cnsc2c1. The second-order valence-electron chi connectivity index (χ2n) is 2.72. The van der Waals surface area contributed by atoms with E-state index < -0.39 is 9.85 Å². The molecule has 76 valence electrons. The number of fused-ring (bicyclic) bond motifs is 1. The Morgan fingerprint density at radius 2 is 1.93 bits per heavy atom. The highest BCUT2D eigenvalue weighted by molar-refractivity contribution is 7.13. The minimum atomic E-state index is -0.661. The lowest BCUT2D eigenvalue weighted by Crippen LogP contribution is -1.92. The molecule has 1 aromatic heterocycles. The maximum atomic E-state index is 10.6. The van der Waals surface area contributed by atoms with E-state index in [0.717, 1.165) is 17.6 Å². The number of benzene rings is 1. The Hall–Kier alpha value is -2.09. The third-order valence-electron chi connectivity index (χ3n) is 1.85. The number of nitrogens with zero attached hydrogens (tertiary/aromatic N) is 3. The molecule has 0 saturated carbocycles. The average molecular weight is 225 g/mol. The van der Waals surface area contributed by atoms with E-state index in [1.165, 1.54) is 12.3 Å². The second-order valence-corrected chi connectivity index (χ2v) is 3.55. The molecular weight excluding hydrogens is 222 g/mol. The van der Waals surface area contributed by atoms with Crippen molar-refractivity contribution in [3.05, 3.63) is 38.6 Å². The fourth-order valence-electron chi connectivity index (χ4n) is 1.20. The Morgan fingerprint density at radius 3 is 2.53 bits per heavy atom. The van der Waals surface area contributed by atoms with Gasteiger partial charge in [-0.05, 0) is 11.5 Å². The van der Waals surface area contributed by atoms with Gasteiger partial charge in [0.2, 0.25) is 0 Å². The highest BCUT2D eigenvalue weighted by Gasteiger charge is 2.20. The van der Waals surface area contributed by atoms with Crippen molar-refractivity contribution in [1.29, 1.82) is 0 Å². The van der Waals surface area contributed by atoms with Crippen LogP contribution in [0.3, 0.4) is 0 Å². The number of non-ortho nitro benzene ring substituents is 2. The minimum absolute atomic E-state index is 0.284. The van der Waals surface area contributed by atoms with Gasteiger partial charge in [0, 0.05) is 6.07 Å². The summed E-state index contributed by atoms with van der Waals surface area (Å²) in [4.78, 5) is 19.8. The summed E-state index contributed by atoms with van der Waals surface area (Å²) in [6.45, 7) is 0. The molecule has 0 aliphatic heterocycles. The van der Waals surface area contributed by atoms with Crippen LogP contribution >= 0.6 is 11.5 Å². The van der Waals surface area contributed by atoms with Gasteiger partial charge in [-0.25, -0.2) is 0 Å². The van der Waals surface area contributed by atoms with E-state index in [9.17, 15) is 20.2 Å². The summed E-state index contributed by atoms with van der Waals surface area (Å²) >= 11 is 0.992. The summed E-state index contributed by atoms with van der Waals surface area (Å²) in [6, 6.07) is 2.22. The first-order valence-electron chi connectivity index (χ1n) is 3.77. The number of hydrogen-bond donors (Lipinski definition) is 0. The van der Waals surface area contributed by atoms with Crippen LogP contribution in [0.25, 0.3) is 10.1 Å². The van der Waals surface area contributed by atoms with E-state index in [2.05, 4.69) is 4.37 Å². The summed E-state index contributed by atoms with van der Waals surface area (Å²) in [6.07, 6.45) is 1.34. The van der Waals surface area contributed by atoms with E-state index in [1.807, 2.05) is 0 Å². The van der Waals surface area contributed by atoms with Gasteiger partial charge in [-0.1, -0.05) is 0 Å². The zero-order chi connectivity index (χ0) is 11.0. The van der Waals surface area contributed by atoms with Crippen molar-refractivity contribution in [3.8, 4) is 0 Å². The molecule has 8 heteroatoms. The van der Waals surface area contributed by atoms with Crippen molar-refractivity contribution in [2.75, 3.05) is 0 Å². The molecule has 0 unspecified atom stereocenters. The van der Waals surface area contributed by atoms with Crippen LogP contribution in [0, 0.1) is 20.2 Å². The lowest BCUT2D eigenvalue weighted by molar-refractivity contribution is -0.393. The first kappa shape index (κ1) is 9.46. The third kappa shape index (κ3) is 1.50. The normalized spacial score (nSPS) is 10.4. The van der Waals surface area contributed by atoms with Crippen molar-refractivity contribution < 1.29 is 9.85 Å². The second kappa shape index (κ2) is 3.24. The molecule has 1 heterocycles. The molecule has 0 amide bonds. The molecule has 0 N–H and O–H groups in total. The van der Waals surface area contributed by atoms with Gasteiger partial charge in [-0.15, -0.1) is 0 Å². The molecule has 0 aliphatic carbocycles. The van der Waals surface area contributed by atoms with Crippen LogP contribution in [0.2, 0.25) is 0 Å². The van der Waals surface area contributed by atoms with Crippen molar-refractivity contribution in [3.63, 3.8) is 0 Å². The van der Waals surface area contributed by atoms with E-state index in [1.54, 1.807) is 0 Å². The van der Waals surface area contributed by atoms with Gasteiger partial charge in [-0.3, -0.25) is 20.2 Å². The molecule has 0 atom stereocenters. The molecule has 0 bridgehead atoms. The van der Waals surface area contributed by atoms with Gasteiger partial charge >= 0.3 is 0 Å². The standard InChI is InChI=1S/C7H3N3O4S/c11-9(12)4-1-6(10(13)14)5-3-8-15-7(5)2-4/h1-3H. The third-order valence-corrected chi connectivity index (χ3v) is 2.59. The number of aromatic nitrogens is 1. The number of rotatable bonds is 2. The van der Waals surface area contributed by atoms with Crippen molar-refractivity contribution in [2.45, 2.75) is 0 Å². The number of nitro benzene ring substituents is 2. The van der Waals surface area contributed by atoms with Crippen LogP contribution in [-0.2, 0) is 0 Å². The van der Waals surface area contributed by atoms with Crippen LogP contribution in [0.5, 0.6) is 0 Å². The predicted octanol–water partition coefficient (Wildman–Crippen LogP) is 2.11. The zero-order valence-electron chi connectivity index (χ0n) is 7.11. The maximum absolute atomic E-state index is 10.6. The maximum Gasteiger partial charge on any atom is 0.286 e. The molecular formula is C7H3N3O4S. The molecule has 0 radical (unpaired) electrons. The zero-order valence-corrected chi connectivity index (χ0v) is 7.93. The number of hydrogen-bond acceptors (Lipinski definition) is 6. The summed E-state index contributed by atoms with van der Waals surface area (Å²) < 4.78 is 4.20. The van der Waals surface area contributed by atoms with Crippen LogP contribution in [0.1, 0.15) is 0 Å². The molecule has 15 heavy (non-hydrogen) atoms. The monoisotopic (exact) mass is 225 g/mol. The van der Waals surface area contributed by atoms with Crippen LogP contribution in [0.15, 0.2) is 18.3 Å². The van der Waals surface area contributed by atoms with Crippen molar-refractivity contribution in [1.82, 2.24) is 4.37 Å².